The minimum absolute atomic E-state index is 0.0382. The molecule has 0 saturated carbocycles. The van der Waals surface area contributed by atoms with Crippen LogP contribution < -0.4 is 10.6 Å². The van der Waals surface area contributed by atoms with Crippen molar-refractivity contribution in [1.82, 2.24) is 10.6 Å². The first-order chi connectivity index (χ1) is 10.4. The monoisotopic (exact) mass is 358 g/mol. The van der Waals surface area contributed by atoms with Crippen LogP contribution in [0.3, 0.4) is 0 Å². The maximum absolute atomic E-state index is 12.2. The smallest absolute Gasteiger partial charge is 0.262 e. The van der Waals surface area contributed by atoms with E-state index in [2.05, 4.69) is 10.6 Å². The van der Waals surface area contributed by atoms with Crippen LogP contribution in [0.5, 0.6) is 0 Å². The number of hydrogen-bond acceptors (Lipinski definition) is 3. The Morgan fingerprint density at radius 1 is 1.18 bits per heavy atom. The molecule has 4 nitrogen and oxygen atoms in total. The second kappa shape index (κ2) is 7.31. The van der Waals surface area contributed by atoms with E-state index in [1.165, 1.54) is 11.3 Å². The summed E-state index contributed by atoms with van der Waals surface area (Å²) in [4.78, 5) is 24.0. The number of carbonyl (C=O) groups excluding carboxylic acids is 2. The van der Waals surface area contributed by atoms with Gasteiger partial charge in [0.2, 0.25) is 5.91 Å². The zero-order valence-electron chi connectivity index (χ0n) is 12.2. The van der Waals surface area contributed by atoms with Crippen molar-refractivity contribution in [3.8, 4) is 0 Å². The van der Waals surface area contributed by atoms with E-state index in [1.807, 2.05) is 13.8 Å². The first-order valence-corrected chi connectivity index (χ1v) is 8.41. The van der Waals surface area contributed by atoms with Crippen molar-refractivity contribution < 1.29 is 9.59 Å². The number of rotatable bonds is 5. The molecular formula is C15H16Cl2N2O2S. The summed E-state index contributed by atoms with van der Waals surface area (Å²) < 4.78 is 0.871. The van der Waals surface area contributed by atoms with Crippen molar-refractivity contribution >= 4 is 56.4 Å². The van der Waals surface area contributed by atoms with Crippen molar-refractivity contribution in [2.45, 2.75) is 13.8 Å². The molecule has 0 saturated heterocycles. The molecule has 2 rings (SSSR count). The average molecular weight is 359 g/mol. The Labute approximate surface area is 142 Å². The summed E-state index contributed by atoms with van der Waals surface area (Å²) in [5.74, 6) is -0.359. The van der Waals surface area contributed by atoms with Crippen LogP contribution in [0.2, 0.25) is 10.0 Å². The molecule has 0 aliphatic rings. The summed E-state index contributed by atoms with van der Waals surface area (Å²) in [6.07, 6.45) is 0. The van der Waals surface area contributed by atoms with Gasteiger partial charge in [0.15, 0.2) is 0 Å². The highest BCUT2D eigenvalue weighted by atomic mass is 35.5. The molecule has 2 N–H and O–H groups in total. The molecule has 118 valence electrons. The number of nitrogens with one attached hydrogen (secondary N) is 2. The minimum Gasteiger partial charge on any atom is -0.354 e. The maximum Gasteiger partial charge on any atom is 0.262 e. The van der Waals surface area contributed by atoms with Crippen molar-refractivity contribution in [1.29, 1.82) is 0 Å². The van der Waals surface area contributed by atoms with Crippen LogP contribution in [0.4, 0.5) is 0 Å². The summed E-state index contributed by atoms with van der Waals surface area (Å²) in [6.45, 7) is 4.37. The molecule has 0 unspecified atom stereocenters. The van der Waals surface area contributed by atoms with E-state index in [4.69, 9.17) is 23.2 Å². The Bertz CT molecular complexity index is 713. The summed E-state index contributed by atoms with van der Waals surface area (Å²) in [5.41, 5.74) is 0. The predicted molar refractivity (Wildman–Crippen MR) is 92.0 cm³/mol. The first kappa shape index (κ1) is 17.1. The molecule has 0 spiro atoms. The van der Waals surface area contributed by atoms with E-state index in [1.54, 1.807) is 18.2 Å². The van der Waals surface area contributed by atoms with Gasteiger partial charge in [-0.2, -0.15) is 0 Å². The highest BCUT2D eigenvalue weighted by molar-refractivity contribution is 7.21. The normalized spacial score (nSPS) is 11.0. The number of benzene rings is 1. The lowest BCUT2D eigenvalue weighted by atomic mass is 10.2. The molecular weight excluding hydrogens is 343 g/mol. The molecule has 7 heteroatoms. The van der Waals surface area contributed by atoms with Crippen LogP contribution in [-0.4, -0.2) is 24.9 Å². The average Bonchev–Trinajstić information content (AvgIpc) is 2.79. The molecule has 2 amide bonds. The predicted octanol–water partition coefficient (Wildman–Crippen LogP) is 3.71. The molecule has 1 aromatic carbocycles. The second-order valence-electron chi connectivity index (χ2n) is 5.09. The number of hydrogen-bond donors (Lipinski definition) is 2. The van der Waals surface area contributed by atoms with Gasteiger partial charge in [0.25, 0.3) is 5.91 Å². The summed E-state index contributed by atoms with van der Waals surface area (Å²) in [7, 11) is 0. The highest BCUT2D eigenvalue weighted by Crippen LogP contribution is 2.36. The summed E-state index contributed by atoms with van der Waals surface area (Å²) in [6, 6.07) is 5.33. The van der Waals surface area contributed by atoms with Crippen molar-refractivity contribution in [3.05, 3.63) is 33.1 Å². The van der Waals surface area contributed by atoms with Gasteiger partial charge in [0.05, 0.1) is 5.02 Å². The SMILES string of the molecule is CC(C)C(=O)NCCNC(=O)c1sc2cc(Cl)ccc2c1Cl. The third kappa shape index (κ3) is 3.91. The largest absolute Gasteiger partial charge is 0.354 e. The van der Waals surface area contributed by atoms with Gasteiger partial charge in [0, 0.05) is 34.1 Å². The lowest BCUT2D eigenvalue weighted by molar-refractivity contribution is -0.123. The van der Waals surface area contributed by atoms with E-state index in [0.717, 1.165) is 10.1 Å². The zero-order chi connectivity index (χ0) is 16.3. The van der Waals surface area contributed by atoms with Crippen molar-refractivity contribution in [2.75, 3.05) is 13.1 Å². The molecule has 0 atom stereocenters. The fraction of sp³-hybridized carbons (Fsp3) is 0.333. The van der Waals surface area contributed by atoms with Gasteiger partial charge in [-0.05, 0) is 12.1 Å². The molecule has 0 aliphatic heterocycles. The quantitative estimate of drug-likeness (QED) is 0.800. The van der Waals surface area contributed by atoms with Gasteiger partial charge in [0.1, 0.15) is 4.88 Å². The number of carbonyl (C=O) groups is 2. The van der Waals surface area contributed by atoms with Gasteiger partial charge in [-0.3, -0.25) is 9.59 Å². The van der Waals surface area contributed by atoms with Crippen molar-refractivity contribution in [3.63, 3.8) is 0 Å². The zero-order valence-corrected chi connectivity index (χ0v) is 14.5. The Morgan fingerprint density at radius 3 is 2.55 bits per heavy atom. The van der Waals surface area contributed by atoms with Crippen LogP contribution in [0.25, 0.3) is 10.1 Å². The van der Waals surface area contributed by atoms with E-state index < -0.39 is 0 Å². The first-order valence-electron chi connectivity index (χ1n) is 6.83. The molecule has 0 bridgehead atoms. The second-order valence-corrected chi connectivity index (χ2v) is 6.95. The van der Waals surface area contributed by atoms with Gasteiger partial charge in [-0.25, -0.2) is 0 Å². The number of thiophene rings is 1. The van der Waals surface area contributed by atoms with E-state index in [-0.39, 0.29) is 17.7 Å². The number of halogens is 2. The Hall–Kier alpha value is -1.30. The Morgan fingerprint density at radius 2 is 1.86 bits per heavy atom. The third-order valence-corrected chi connectivity index (χ3v) is 4.92. The number of fused-ring (bicyclic) bond motifs is 1. The standard InChI is InChI=1S/C15H16Cl2N2O2S/c1-8(2)14(20)18-5-6-19-15(21)13-12(17)10-4-3-9(16)7-11(10)22-13/h3-4,7-8H,5-6H2,1-2H3,(H,18,20)(H,19,21). The maximum atomic E-state index is 12.2. The molecule has 1 heterocycles. The van der Waals surface area contributed by atoms with Gasteiger partial charge in [-0.15, -0.1) is 11.3 Å². The van der Waals surface area contributed by atoms with Crippen molar-refractivity contribution in [2.24, 2.45) is 5.92 Å². The molecule has 1 aromatic heterocycles. The van der Waals surface area contributed by atoms with Crippen LogP contribution in [0, 0.1) is 5.92 Å². The fourth-order valence-corrected chi connectivity index (χ4v) is 3.54. The number of amides is 2. The lowest BCUT2D eigenvalue weighted by Gasteiger charge is -2.08. The lowest BCUT2D eigenvalue weighted by Crippen LogP contribution is -2.36. The molecule has 22 heavy (non-hydrogen) atoms. The molecule has 0 aliphatic carbocycles. The van der Waals surface area contributed by atoms with E-state index in [0.29, 0.717) is 28.0 Å². The van der Waals surface area contributed by atoms with Crippen LogP contribution in [0.15, 0.2) is 18.2 Å². The molecule has 0 fully saturated rings. The summed E-state index contributed by atoms with van der Waals surface area (Å²) in [5, 5.41) is 7.34. The van der Waals surface area contributed by atoms with Gasteiger partial charge < -0.3 is 10.6 Å². The van der Waals surface area contributed by atoms with Crippen LogP contribution >= 0.6 is 34.5 Å². The van der Waals surface area contributed by atoms with Gasteiger partial charge in [-0.1, -0.05) is 43.1 Å². The Kier molecular flexibility index (Phi) is 5.67. The topological polar surface area (TPSA) is 58.2 Å². The summed E-state index contributed by atoms with van der Waals surface area (Å²) >= 11 is 13.5. The van der Waals surface area contributed by atoms with E-state index >= 15 is 0 Å². The van der Waals surface area contributed by atoms with Gasteiger partial charge >= 0.3 is 0 Å². The van der Waals surface area contributed by atoms with E-state index in [9.17, 15) is 9.59 Å². The third-order valence-electron chi connectivity index (χ3n) is 3.03. The molecule has 0 radical (unpaired) electrons. The fourth-order valence-electron chi connectivity index (χ4n) is 1.83. The highest BCUT2D eigenvalue weighted by Gasteiger charge is 2.17. The molecule has 2 aromatic rings. The van der Waals surface area contributed by atoms with Crippen LogP contribution in [-0.2, 0) is 4.79 Å². The minimum atomic E-state index is -0.249. The van der Waals surface area contributed by atoms with Crippen LogP contribution in [0.1, 0.15) is 23.5 Å². The Balaban J connectivity index is 1.98.